The van der Waals surface area contributed by atoms with Crippen molar-refractivity contribution in [3.05, 3.63) is 0 Å². The largest absolute Gasteiger partial charge is 0.414 e. The molecule has 0 spiro atoms. The fourth-order valence-electron chi connectivity index (χ4n) is 3.41. The number of morpholine rings is 1. The maximum Gasteiger partial charge on any atom is 0.410 e. The van der Waals surface area contributed by atoms with Crippen molar-refractivity contribution in [2.75, 3.05) is 26.3 Å². The number of nitrogens with one attached hydrogen (secondary N) is 1. The topological polar surface area (TPSA) is 115 Å². The normalized spacial score (nSPS) is 19.7. The predicted molar refractivity (Wildman–Crippen MR) is 91.6 cm³/mol. The lowest BCUT2D eigenvalue weighted by atomic mass is 9.84. The Morgan fingerprint density at radius 3 is 2.42 bits per heavy atom. The molecule has 0 aromatic rings. The molecule has 0 radical (unpaired) electrons. The highest BCUT2D eigenvalue weighted by Gasteiger charge is 2.34. The van der Waals surface area contributed by atoms with Gasteiger partial charge in [-0.2, -0.15) is 10.5 Å². The molecule has 1 N–H and O–H groups in total. The van der Waals surface area contributed by atoms with E-state index >= 15 is 0 Å². The number of hydrogen-bond acceptors (Lipinski definition) is 6. The first-order valence-electron chi connectivity index (χ1n) is 9.16. The summed E-state index contributed by atoms with van der Waals surface area (Å²) in [6.45, 7) is 3.16. The number of nitrogens with zero attached hydrogens (tertiary/aromatic N) is 3. The number of hydrogen-bond donors (Lipinski definition) is 1. The van der Waals surface area contributed by atoms with E-state index in [2.05, 4.69) is 5.32 Å². The average molecular weight is 362 g/mol. The van der Waals surface area contributed by atoms with Crippen molar-refractivity contribution in [2.24, 2.45) is 5.92 Å². The van der Waals surface area contributed by atoms with Crippen molar-refractivity contribution in [3.63, 3.8) is 0 Å². The molecule has 1 aliphatic carbocycles. The van der Waals surface area contributed by atoms with E-state index in [9.17, 15) is 9.59 Å². The van der Waals surface area contributed by atoms with Crippen LogP contribution in [0.15, 0.2) is 0 Å². The van der Waals surface area contributed by atoms with E-state index in [1.165, 1.54) is 13.3 Å². The number of nitriles is 2. The van der Waals surface area contributed by atoms with Crippen LogP contribution in [0.4, 0.5) is 4.79 Å². The summed E-state index contributed by atoms with van der Waals surface area (Å²) in [5.74, 6) is 0.212. The molecule has 1 atom stereocenters. The molecule has 1 aliphatic heterocycles. The van der Waals surface area contributed by atoms with Crippen LogP contribution >= 0.6 is 0 Å². The summed E-state index contributed by atoms with van der Waals surface area (Å²) >= 11 is 0. The lowest BCUT2D eigenvalue weighted by Crippen LogP contribution is -2.53. The predicted octanol–water partition coefficient (Wildman–Crippen LogP) is 1.72. The lowest BCUT2D eigenvalue weighted by molar-refractivity contribution is -0.138. The molecule has 2 rings (SSSR count). The first-order chi connectivity index (χ1) is 12.5. The van der Waals surface area contributed by atoms with Gasteiger partial charge in [-0.05, 0) is 12.3 Å². The van der Waals surface area contributed by atoms with E-state index in [0.717, 1.165) is 25.7 Å². The second-order valence-electron chi connectivity index (χ2n) is 7.02. The van der Waals surface area contributed by atoms with Crippen molar-refractivity contribution in [1.29, 1.82) is 10.5 Å². The molecule has 1 saturated carbocycles. The molecule has 26 heavy (non-hydrogen) atoms. The van der Waals surface area contributed by atoms with E-state index in [1.807, 2.05) is 0 Å². The summed E-state index contributed by atoms with van der Waals surface area (Å²) in [7, 11) is 0. The molecule has 0 aromatic carbocycles. The smallest absolute Gasteiger partial charge is 0.410 e. The van der Waals surface area contributed by atoms with E-state index < -0.39 is 17.7 Å². The lowest BCUT2D eigenvalue weighted by Gasteiger charge is -2.33. The number of alkyl carbamates (subject to hydrolysis) is 1. The minimum atomic E-state index is -1.87. The Morgan fingerprint density at radius 2 is 1.85 bits per heavy atom. The molecular formula is C18H26N4O4. The molecule has 0 aromatic heterocycles. The Morgan fingerprint density at radius 1 is 1.23 bits per heavy atom. The van der Waals surface area contributed by atoms with Gasteiger partial charge in [0.1, 0.15) is 18.2 Å². The maximum absolute atomic E-state index is 12.9. The fraction of sp³-hybridized carbons (Fsp3) is 0.778. The van der Waals surface area contributed by atoms with Crippen LogP contribution in [0, 0.1) is 28.6 Å². The van der Waals surface area contributed by atoms with Crippen LogP contribution in [-0.2, 0) is 14.3 Å². The summed E-state index contributed by atoms with van der Waals surface area (Å²) in [6, 6.07) is 2.58. The Balaban J connectivity index is 2.03. The van der Waals surface area contributed by atoms with Gasteiger partial charge in [-0.1, -0.05) is 32.1 Å². The molecule has 1 heterocycles. The molecular weight excluding hydrogens is 336 g/mol. The monoisotopic (exact) mass is 362 g/mol. The highest BCUT2D eigenvalue weighted by Crippen LogP contribution is 2.28. The third-order valence-corrected chi connectivity index (χ3v) is 4.93. The Bertz CT molecular complexity index is 569. The molecule has 2 fully saturated rings. The van der Waals surface area contributed by atoms with Crippen LogP contribution < -0.4 is 5.32 Å². The minimum Gasteiger partial charge on any atom is -0.414 e. The van der Waals surface area contributed by atoms with Gasteiger partial charge in [0.05, 0.1) is 13.2 Å². The molecule has 142 valence electrons. The molecule has 1 unspecified atom stereocenters. The summed E-state index contributed by atoms with van der Waals surface area (Å²) in [5, 5.41) is 20.5. The minimum absolute atomic E-state index is 0.161. The summed E-state index contributed by atoms with van der Waals surface area (Å²) in [4.78, 5) is 26.8. The van der Waals surface area contributed by atoms with E-state index in [-0.39, 0.29) is 5.91 Å². The van der Waals surface area contributed by atoms with Crippen molar-refractivity contribution >= 4 is 12.0 Å². The maximum atomic E-state index is 12.9. The zero-order valence-corrected chi connectivity index (χ0v) is 15.2. The Kier molecular flexibility index (Phi) is 7.23. The Labute approximate surface area is 154 Å². The SMILES string of the molecule is CC(C#N)(C#N)OC(=O)NC(CC1CCCCC1)C(=O)N1CCOCC1. The van der Waals surface area contributed by atoms with E-state index in [0.29, 0.717) is 38.6 Å². The van der Waals surface area contributed by atoms with E-state index in [1.54, 1.807) is 17.0 Å². The second kappa shape index (κ2) is 9.40. The van der Waals surface area contributed by atoms with Gasteiger partial charge in [0, 0.05) is 20.0 Å². The number of ether oxygens (including phenoxy) is 2. The van der Waals surface area contributed by atoms with Gasteiger partial charge >= 0.3 is 6.09 Å². The van der Waals surface area contributed by atoms with Crippen molar-refractivity contribution < 1.29 is 19.1 Å². The summed E-state index contributed by atoms with van der Waals surface area (Å²) < 4.78 is 10.2. The van der Waals surface area contributed by atoms with Gasteiger partial charge < -0.3 is 19.7 Å². The fourth-order valence-corrected chi connectivity index (χ4v) is 3.41. The average Bonchev–Trinajstić information content (AvgIpc) is 2.68. The quantitative estimate of drug-likeness (QED) is 0.796. The van der Waals surface area contributed by atoms with Crippen molar-refractivity contribution in [2.45, 2.75) is 57.1 Å². The third kappa shape index (κ3) is 5.60. The van der Waals surface area contributed by atoms with Crippen molar-refractivity contribution in [3.8, 4) is 12.1 Å². The van der Waals surface area contributed by atoms with Crippen LogP contribution in [0.5, 0.6) is 0 Å². The number of carbonyl (C=O) groups excluding carboxylic acids is 2. The number of rotatable bonds is 5. The van der Waals surface area contributed by atoms with Gasteiger partial charge in [-0.25, -0.2) is 4.79 Å². The molecule has 8 nitrogen and oxygen atoms in total. The van der Waals surface area contributed by atoms with Gasteiger partial charge in [0.2, 0.25) is 5.91 Å². The number of amides is 2. The van der Waals surface area contributed by atoms with E-state index in [4.69, 9.17) is 20.0 Å². The van der Waals surface area contributed by atoms with Crippen LogP contribution in [0.3, 0.4) is 0 Å². The van der Waals surface area contributed by atoms with Crippen LogP contribution in [-0.4, -0.2) is 54.8 Å². The van der Waals surface area contributed by atoms with Gasteiger partial charge in [-0.3, -0.25) is 4.79 Å². The van der Waals surface area contributed by atoms with Gasteiger partial charge in [0.15, 0.2) is 0 Å². The molecule has 8 heteroatoms. The summed E-state index contributed by atoms with van der Waals surface area (Å²) in [6.07, 6.45) is 5.18. The Hall–Kier alpha value is -2.32. The van der Waals surface area contributed by atoms with Gasteiger partial charge in [-0.15, -0.1) is 0 Å². The zero-order valence-electron chi connectivity index (χ0n) is 15.2. The zero-order chi connectivity index (χ0) is 19.0. The molecule has 0 bridgehead atoms. The first-order valence-corrected chi connectivity index (χ1v) is 9.16. The van der Waals surface area contributed by atoms with Crippen LogP contribution in [0.25, 0.3) is 0 Å². The van der Waals surface area contributed by atoms with Crippen molar-refractivity contribution in [1.82, 2.24) is 10.2 Å². The number of carbonyl (C=O) groups is 2. The van der Waals surface area contributed by atoms with Crippen LogP contribution in [0.1, 0.15) is 45.4 Å². The highest BCUT2D eigenvalue weighted by atomic mass is 16.6. The molecule has 2 aliphatic rings. The molecule has 2 amide bonds. The highest BCUT2D eigenvalue weighted by molar-refractivity contribution is 5.86. The summed E-state index contributed by atoms with van der Waals surface area (Å²) in [5.41, 5.74) is -1.87. The second-order valence-corrected chi connectivity index (χ2v) is 7.02. The molecule has 1 saturated heterocycles. The van der Waals surface area contributed by atoms with Crippen LogP contribution in [0.2, 0.25) is 0 Å². The third-order valence-electron chi connectivity index (χ3n) is 4.93. The van der Waals surface area contributed by atoms with Gasteiger partial charge in [0.25, 0.3) is 5.60 Å². The first kappa shape index (κ1) is 20.0. The standard InChI is InChI=1S/C18H26N4O4/c1-18(12-19,13-20)26-17(24)21-15(11-14-5-3-2-4-6-14)16(23)22-7-9-25-10-8-22/h14-15H,2-11H2,1H3,(H,21,24).